The zero-order valence-corrected chi connectivity index (χ0v) is 12.4. The molecule has 0 fully saturated rings. The monoisotopic (exact) mass is 392 g/mol. The highest BCUT2D eigenvalue weighted by Crippen LogP contribution is 2.22. The molecule has 2 aromatic rings. The molecule has 9 heteroatoms. The van der Waals surface area contributed by atoms with E-state index in [0.29, 0.717) is 9.65 Å². The van der Waals surface area contributed by atoms with Gasteiger partial charge in [0.15, 0.2) is 9.21 Å². The Balaban J connectivity index is 2.35. The molecular weight excluding hydrogens is 383 g/mol. The van der Waals surface area contributed by atoms with E-state index in [0.717, 1.165) is 0 Å². The second-order valence-electron chi connectivity index (χ2n) is 3.54. The Bertz CT molecular complexity index is 648. The minimum Gasteiger partial charge on any atom is -0.348 e. The fourth-order valence-electron chi connectivity index (χ4n) is 1.37. The molecule has 2 aromatic heterocycles. The van der Waals surface area contributed by atoms with Crippen LogP contribution in [0, 0.1) is 3.83 Å². The van der Waals surface area contributed by atoms with Crippen LogP contribution >= 0.6 is 22.6 Å². The first kappa shape index (κ1) is 14.1. The highest BCUT2D eigenvalue weighted by atomic mass is 127. The van der Waals surface area contributed by atoms with Crippen molar-refractivity contribution in [2.24, 2.45) is 0 Å². The van der Waals surface area contributed by atoms with Gasteiger partial charge < -0.3 is 5.32 Å². The van der Waals surface area contributed by atoms with Gasteiger partial charge in [0.1, 0.15) is 5.82 Å². The summed E-state index contributed by atoms with van der Waals surface area (Å²) in [7, 11) is -4.36. The molecule has 0 aliphatic carbocycles. The molecule has 0 saturated heterocycles. The summed E-state index contributed by atoms with van der Waals surface area (Å²) in [6, 6.07) is 4.98. The summed E-state index contributed by atoms with van der Waals surface area (Å²) >= 11 is 1.90. The molecule has 100 valence electrons. The van der Waals surface area contributed by atoms with Gasteiger partial charge in [-0.25, -0.2) is 15.0 Å². The van der Waals surface area contributed by atoms with Crippen LogP contribution in [0.3, 0.4) is 0 Å². The van der Waals surface area contributed by atoms with Gasteiger partial charge in [0, 0.05) is 46.7 Å². The average Bonchev–Trinajstić information content (AvgIpc) is 2.37. The Hall–Kier alpha value is -1.33. The smallest absolute Gasteiger partial charge is 0.290 e. The Morgan fingerprint density at radius 3 is 2.42 bits per heavy atom. The van der Waals surface area contributed by atoms with E-state index in [9.17, 15) is 13.0 Å². The van der Waals surface area contributed by atoms with E-state index in [-0.39, 0.29) is 5.56 Å². The third kappa shape index (κ3) is 3.81. The van der Waals surface area contributed by atoms with Gasteiger partial charge in [-0.3, -0.25) is 4.55 Å². The molecule has 0 spiro atoms. The number of hydrogen-bond donors (Lipinski definition) is 2. The first-order chi connectivity index (χ1) is 8.97. The maximum Gasteiger partial charge on any atom is 0.290 e. The van der Waals surface area contributed by atoms with Gasteiger partial charge in [-0.15, -0.1) is 0 Å². The predicted molar refractivity (Wildman–Crippen MR) is 76.9 cm³/mol. The second-order valence-corrected chi connectivity index (χ2v) is 6.01. The van der Waals surface area contributed by atoms with Crippen molar-refractivity contribution in [3.05, 3.63) is 46.2 Å². The number of hydrogen-bond acceptors (Lipinski definition) is 6. The summed E-state index contributed by atoms with van der Waals surface area (Å²) in [6.07, 6.45) is 4.18. The van der Waals surface area contributed by atoms with Crippen molar-refractivity contribution in [1.82, 2.24) is 15.0 Å². The summed E-state index contributed by atoms with van der Waals surface area (Å²) in [5.41, 5.74) is 0.230. The molecule has 0 aliphatic heterocycles. The van der Waals surface area contributed by atoms with Gasteiger partial charge >= 0.3 is 0 Å². The fraction of sp³-hybridized carbons (Fsp3) is 0.100. The van der Waals surface area contributed by atoms with E-state index < -0.39 is 15.5 Å². The van der Waals surface area contributed by atoms with E-state index in [4.69, 9.17) is 0 Å². The largest absolute Gasteiger partial charge is 0.348 e. The van der Waals surface area contributed by atoms with Crippen molar-refractivity contribution in [3.8, 4) is 0 Å². The zero-order chi connectivity index (χ0) is 13.9. The molecule has 2 heterocycles. The lowest BCUT2D eigenvalue weighted by Crippen LogP contribution is -2.21. The van der Waals surface area contributed by atoms with Crippen LogP contribution in [-0.2, 0) is 10.1 Å². The van der Waals surface area contributed by atoms with Crippen molar-refractivity contribution in [1.29, 1.82) is 0 Å². The number of nitrogens with zero attached hydrogens (tertiary/aromatic N) is 3. The molecule has 1 atom stereocenters. The van der Waals surface area contributed by atoms with Crippen LogP contribution in [0.25, 0.3) is 0 Å². The lowest BCUT2D eigenvalue weighted by molar-refractivity contribution is 0.473. The van der Waals surface area contributed by atoms with Gasteiger partial charge in [0.2, 0.25) is 0 Å². The number of nitrogens with one attached hydrogen (secondary N) is 1. The molecular formula is C10H9IN4O3S. The van der Waals surface area contributed by atoms with Crippen LogP contribution in [0.4, 0.5) is 5.82 Å². The topological polar surface area (TPSA) is 105 Å². The van der Waals surface area contributed by atoms with E-state index in [2.05, 4.69) is 20.3 Å². The quantitative estimate of drug-likeness (QED) is 0.461. The fourth-order valence-corrected chi connectivity index (χ4v) is 2.38. The Morgan fingerprint density at radius 1 is 1.21 bits per heavy atom. The minimum absolute atomic E-state index is 0.230. The number of halogens is 1. The van der Waals surface area contributed by atoms with Crippen LogP contribution in [0.5, 0.6) is 0 Å². The van der Waals surface area contributed by atoms with Crippen molar-refractivity contribution < 1.29 is 13.0 Å². The lowest BCUT2D eigenvalue weighted by atomic mass is 10.3. The van der Waals surface area contributed by atoms with Crippen molar-refractivity contribution in [3.63, 3.8) is 0 Å². The molecule has 0 saturated carbocycles. The predicted octanol–water partition coefficient (Wildman–Crippen LogP) is 1.47. The van der Waals surface area contributed by atoms with Crippen molar-refractivity contribution in [2.45, 2.75) is 5.37 Å². The van der Waals surface area contributed by atoms with Gasteiger partial charge in [-0.1, -0.05) is 6.07 Å². The third-order valence-electron chi connectivity index (χ3n) is 2.18. The summed E-state index contributed by atoms with van der Waals surface area (Å²) in [5.74, 6) is 0.323. The van der Waals surface area contributed by atoms with E-state index in [1.165, 1.54) is 18.6 Å². The van der Waals surface area contributed by atoms with Crippen molar-refractivity contribution in [2.75, 3.05) is 5.32 Å². The standard InChI is InChI=1S/C10H9IN4O3S/c11-10-13-5-7(6-14-10)9(19(16,17)18)15-8-3-1-2-4-12-8/h1-6,9H,(H,12,15)(H,16,17,18). The molecule has 19 heavy (non-hydrogen) atoms. The normalized spacial score (nSPS) is 12.9. The number of aromatic nitrogens is 3. The highest BCUT2D eigenvalue weighted by molar-refractivity contribution is 14.1. The van der Waals surface area contributed by atoms with Crippen LogP contribution in [0.1, 0.15) is 10.9 Å². The minimum atomic E-state index is -4.36. The SMILES string of the molecule is O=S(=O)(O)C(Nc1ccccn1)c1cnc(I)nc1. The molecule has 0 amide bonds. The Labute approximate surface area is 123 Å². The zero-order valence-electron chi connectivity index (χ0n) is 9.43. The van der Waals surface area contributed by atoms with Crippen LogP contribution in [0.2, 0.25) is 0 Å². The summed E-state index contributed by atoms with van der Waals surface area (Å²) in [4.78, 5) is 11.7. The third-order valence-corrected chi connectivity index (χ3v) is 3.73. The highest BCUT2D eigenvalue weighted by Gasteiger charge is 2.26. The van der Waals surface area contributed by atoms with Gasteiger partial charge in [0.25, 0.3) is 10.1 Å². The molecule has 2 N–H and O–H groups in total. The summed E-state index contributed by atoms with van der Waals surface area (Å²) < 4.78 is 32.6. The summed E-state index contributed by atoms with van der Waals surface area (Å²) in [6.45, 7) is 0. The van der Waals surface area contributed by atoms with Gasteiger partial charge in [0.05, 0.1) is 0 Å². The Morgan fingerprint density at radius 2 is 1.89 bits per heavy atom. The number of rotatable bonds is 4. The van der Waals surface area contributed by atoms with E-state index in [1.807, 2.05) is 22.6 Å². The maximum absolute atomic E-state index is 11.4. The van der Waals surface area contributed by atoms with Crippen molar-refractivity contribution >= 4 is 38.5 Å². The molecule has 0 aromatic carbocycles. The lowest BCUT2D eigenvalue weighted by Gasteiger charge is -2.15. The molecule has 1 unspecified atom stereocenters. The summed E-state index contributed by atoms with van der Waals surface area (Å²) in [5, 5.41) is 1.26. The van der Waals surface area contributed by atoms with E-state index >= 15 is 0 Å². The van der Waals surface area contributed by atoms with Gasteiger partial charge in [-0.05, 0) is 12.1 Å². The Kier molecular flexibility index (Phi) is 4.27. The van der Waals surface area contributed by atoms with Gasteiger partial charge in [-0.2, -0.15) is 8.42 Å². The first-order valence-electron chi connectivity index (χ1n) is 5.08. The van der Waals surface area contributed by atoms with Crippen LogP contribution < -0.4 is 5.32 Å². The molecule has 0 aliphatic rings. The second kappa shape index (κ2) is 5.75. The number of anilines is 1. The molecule has 0 radical (unpaired) electrons. The average molecular weight is 392 g/mol. The maximum atomic E-state index is 11.4. The molecule has 7 nitrogen and oxygen atoms in total. The molecule has 2 rings (SSSR count). The first-order valence-corrected chi connectivity index (χ1v) is 7.66. The van der Waals surface area contributed by atoms with Crippen LogP contribution in [0.15, 0.2) is 36.8 Å². The van der Waals surface area contributed by atoms with E-state index in [1.54, 1.807) is 18.2 Å². The van der Waals surface area contributed by atoms with Crippen LogP contribution in [-0.4, -0.2) is 27.9 Å². The molecule has 0 bridgehead atoms. The number of pyridine rings is 1.